The van der Waals surface area contributed by atoms with Gasteiger partial charge in [0.2, 0.25) is 17.6 Å². The van der Waals surface area contributed by atoms with Crippen molar-refractivity contribution in [3.8, 4) is 11.1 Å². The molecule has 0 radical (unpaired) electrons. The van der Waals surface area contributed by atoms with Crippen LogP contribution in [0, 0.1) is 11.8 Å². The number of fused-ring (bicyclic) bond motifs is 3. The van der Waals surface area contributed by atoms with Gasteiger partial charge < -0.3 is 26.4 Å². The molecule has 2 aliphatic rings. The van der Waals surface area contributed by atoms with E-state index < -0.39 is 47.1 Å². The summed E-state index contributed by atoms with van der Waals surface area (Å²) in [5.74, 6) is -4.03. The van der Waals surface area contributed by atoms with Gasteiger partial charge in [-0.2, -0.15) is 0 Å². The fourth-order valence-corrected chi connectivity index (χ4v) is 5.36. The molecule has 0 unspecified atom stereocenters. The van der Waals surface area contributed by atoms with Crippen LogP contribution < -0.4 is 21.3 Å². The Hall–Kier alpha value is -4.05. The first-order valence-electron chi connectivity index (χ1n) is 13.1. The molecule has 1 aliphatic carbocycles. The number of nitrogens with one attached hydrogen (secondary N) is 4. The lowest BCUT2D eigenvalue weighted by Crippen LogP contribution is -2.57. The molecule has 10 heteroatoms. The molecule has 4 rings (SSSR count). The molecule has 1 saturated heterocycles. The molecule has 3 atom stereocenters. The van der Waals surface area contributed by atoms with Gasteiger partial charge in [-0.1, -0.05) is 62.4 Å². The van der Waals surface area contributed by atoms with E-state index in [-0.39, 0.29) is 24.7 Å². The van der Waals surface area contributed by atoms with Crippen molar-refractivity contribution < 1.29 is 29.1 Å². The second-order valence-corrected chi connectivity index (χ2v) is 10.5. The van der Waals surface area contributed by atoms with Gasteiger partial charge in [-0.3, -0.25) is 24.0 Å². The number of likely N-dealkylation sites (N-methyl/N-ethyl adjacent to an activating group) is 1. The van der Waals surface area contributed by atoms with E-state index in [0.717, 1.165) is 11.1 Å². The predicted octanol–water partition coefficient (Wildman–Crippen LogP) is 0.760. The molecule has 1 fully saturated rings. The first kappa shape index (κ1) is 28.0. The maximum Gasteiger partial charge on any atom is 0.289 e. The Labute approximate surface area is 226 Å². The monoisotopic (exact) mass is 534 g/mol. The Kier molecular flexibility index (Phi) is 8.15. The van der Waals surface area contributed by atoms with Gasteiger partial charge in [0.05, 0.1) is 6.04 Å². The van der Waals surface area contributed by atoms with Crippen LogP contribution in [0.2, 0.25) is 0 Å². The summed E-state index contributed by atoms with van der Waals surface area (Å²) in [7, 11) is 1.31. The highest BCUT2D eigenvalue weighted by Crippen LogP contribution is 2.47. The maximum atomic E-state index is 13.8. The summed E-state index contributed by atoms with van der Waals surface area (Å²) in [5, 5.41) is 22.1. The Morgan fingerprint density at radius 1 is 0.974 bits per heavy atom. The lowest BCUT2D eigenvalue weighted by molar-refractivity contribution is -0.142. The van der Waals surface area contributed by atoms with Crippen molar-refractivity contribution in [2.24, 2.45) is 11.8 Å². The third-order valence-corrected chi connectivity index (χ3v) is 7.35. The van der Waals surface area contributed by atoms with Crippen LogP contribution in [0.15, 0.2) is 48.5 Å². The summed E-state index contributed by atoms with van der Waals surface area (Å²) in [5.41, 5.74) is 0.241. The molecule has 0 bridgehead atoms. The fourth-order valence-electron chi connectivity index (χ4n) is 5.36. The van der Waals surface area contributed by atoms with Gasteiger partial charge in [-0.25, -0.2) is 0 Å². The number of amides is 4. The van der Waals surface area contributed by atoms with Gasteiger partial charge in [-0.05, 0) is 36.3 Å². The summed E-state index contributed by atoms with van der Waals surface area (Å²) in [6.45, 7) is 4.20. The summed E-state index contributed by atoms with van der Waals surface area (Å²) < 4.78 is 0. The summed E-state index contributed by atoms with van der Waals surface area (Å²) in [4.78, 5) is 64.4. The highest BCUT2D eigenvalue weighted by Gasteiger charge is 2.48. The van der Waals surface area contributed by atoms with E-state index in [9.17, 15) is 29.1 Å². The summed E-state index contributed by atoms with van der Waals surface area (Å²) in [6.07, 6.45) is 0.642. The molecule has 0 saturated carbocycles. The van der Waals surface area contributed by atoms with E-state index in [1.54, 1.807) is 24.3 Å². The Morgan fingerprint density at radius 2 is 1.56 bits per heavy atom. The second kappa shape index (κ2) is 11.4. The number of benzene rings is 2. The van der Waals surface area contributed by atoms with E-state index in [2.05, 4.69) is 21.3 Å². The number of hydrogen-bond acceptors (Lipinski definition) is 6. The van der Waals surface area contributed by atoms with Crippen LogP contribution in [0.5, 0.6) is 0 Å². The Morgan fingerprint density at radius 3 is 2.08 bits per heavy atom. The molecular weight excluding hydrogens is 500 g/mol. The predicted molar refractivity (Wildman–Crippen MR) is 143 cm³/mol. The zero-order valence-electron chi connectivity index (χ0n) is 22.2. The third-order valence-electron chi connectivity index (χ3n) is 7.35. The van der Waals surface area contributed by atoms with Crippen LogP contribution in [0.4, 0.5) is 0 Å². The Balaban J connectivity index is 1.60. The smallest absolute Gasteiger partial charge is 0.289 e. The van der Waals surface area contributed by atoms with Gasteiger partial charge in [-0.15, -0.1) is 0 Å². The molecule has 0 aromatic heterocycles. The van der Waals surface area contributed by atoms with Gasteiger partial charge in [0, 0.05) is 30.6 Å². The highest BCUT2D eigenvalue weighted by molar-refractivity contribution is 6.38. The van der Waals surface area contributed by atoms with Crippen molar-refractivity contribution in [1.82, 2.24) is 21.3 Å². The van der Waals surface area contributed by atoms with Gasteiger partial charge >= 0.3 is 0 Å². The molecule has 5 N–H and O–H groups in total. The first-order valence-corrected chi connectivity index (χ1v) is 13.1. The van der Waals surface area contributed by atoms with Crippen LogP contribution in [0.3, 0.4) is 0 Å². The fraction of sp³-hybridized carbons (Fsp3) is 0.414. The van der Waals surface area contributed by atoms with Gasteiger partial charge in [0.15, 0.2) is 5.60 Å². The van der Waals surface area contributed by atoms with Crippen molar-refractivity contribution in [2.45, 2.75) is 50.8 Å². The highest BCUT2D eigenvalue weighted by atomic mass is 16.3. The minimum absolute atomic E-state index is 0.0347. The van der Waals surface area contributed by atoms with E-state index in [4.69, 9.17) is 0 Å². The molecule has 39 heavy (non-hydrogen) atoms. The van der Waals surface area contributed by atoms with Crippen molar-refractivity contribution in [3.63, 3.8) is 0 Å². The number of rotatable bonds is 10. The average Bonchev–Trinajstić information content (AvgIpc) is 3.45. The second-order valence-electron chi connectivity index (χ2n) is 10.5. The number of carbonyl (C=O) groups excluding carboxylic acids is 5. The quantitative estimate of drug-likeness (QED) is 0.284. The van der Waals surface area contributed by atoms with Crippen molar-refractivity contribution in [3.05, 3.63) is 59.7 Å². The number of Topliss-reactive ketones (excluding diaryl/α,β-unsaturated/α-hetero) is 1. The lowest BCUT2D eigenvalue weighted by Gasteiger charge is -2.29. The van der Waals surface area contributed by atoms with E-state index in [0.29, 0.717) is 24.1 Å². The molecule has 0 spiro atoms. The minimum atomic E-state index is -2.03. The number of hydrogen-bond donors (Lipinski definition) is 5. The molecule has 1 aliphatic heterocycles. The van der Waals surface area contributed by atoms with E-state index in [1.165, 1.54) is 7.05 Å². The third kappa shape index (κ3) is 5.42. The molecule has 206 valence electrons. The van der Waals surface area contributed by atoms with Crippen molar-refractivity contribution in [1.29, 1.82) is 0 Å². The topological polar surface area (TPSA) is 154 Å². The molecular formula is C29H34N4O6. The number of aliphatic hydroxyl groups is 1. The van der Waals surface area contributed by atoms with Crippen LogP contribution in [-0.2, 0) is 29.6 Å². The number of carbonyl (C=O) groups is 5. The standard InChI is InChI=1S/C29H34N4O6/c1-16(2)14-23(26(36)32-22(24(34)27(37)30-3)15-17-12-13-31-25(17)35)33-28(38)29(39)20-10-6-4-8-18(20)19-9-5-7-11-21(19)29/h4-11,16-17,22-23,39H,12-15H2,1-3H3,(H,30,37)(H,31,35)(H,32,36)(H,33,38)/t17-,22-,23+/m0/s1. The van der Waals surface area contributed by atoms with Crippen LogP contribution in [0.1, 0.15) is 44.2 Å². The van der Waals surface area contributed by atoms with E-state index >= 15 is 0 Å². The zero-order chi connectivity index (χ0) is 28.3. The minimum Gasteiger partial charge on any atom is -0.372 e. The van der Waals surface area contributed by atoms with Crippen molar-refractivity contribution >= 4 is 29.4 Å². The van der Waals surface area contributed by atoms with Crippen LogP contribution >= 0.6 is 0 Å². The molecule has 2 aromatic carbocycles. The zero-order valence-corrected chi connectivity index (χ0v) is 22.2. The average molecular weight is 535 g/mol. The van der Waals surface area contributed by atoms with Crippen molar-refractivity contribution in [2.75, 3.05) is 13.6 Å². The molecule has 10 nitrogen and oxygen atoms in total. The normalized spacial score (nSPS) is 18.4. The van der Waals surface area contributed by atoms with Gasteiger partial charge in [0.1, 0.15) is 6.04 Å². The number of ketones is 1. The Bertz CT molecular complexity index is 1260. The van der Waals surface area contributed by atoms with Gasteiger partial charge in [0.25, 0.3) is 11.8 Å². The van der Waals surface area contributed by atoms with E-state index in [1.807, 2.05) is 38.1 Å². The SMILES string of the molecule is CNC(=O)C(=O)[C@H](C[C@@H]1CCNC1=O)NC(=O)[C@@H](CC(C)C)NC(=O)C1(O)c2ccccc2-c2ccccc21. The maximum absolute atomic E-state index is 13.8. The van der Waals surface area contributed by atoms with Crippen LogP contribution in [-0.4, -0.2) is 60.2 Å². The first-order chi connectivity index (χ1) is 18.6. The summed E-state index contributed by atoms with van der Waals surface area (Å²) >= 11 is 0. The molecule has 4 amide bonds. The molecule has 2 aromatic rings. The van der Waals surface area contributed by atoms with Crippen LogP contribution in [0.25, 0.3) is 11.1 Å². The molecule has 1 heterocycles. The lowest BCUT2D eigenvalue weighted by atomic mass is 9.89. The summed E-state index contributed by atoms with van der Waals surface area (Å²) in [6, 6.07) is 11.7. The largest absolute Gasteiger partial charge is 0.372 e.